The molecule has 0 fully saturated rings. The standard InChI is InChI=1S/C50H98O5/c1-3-5-7-9-11-13-15-17-19-21-23-25-27-29-31-33-35-37-39-41-43-45-50(53)55-48(46-51)47-54-49(52)44-42-40-38-36-34-32-30-28-26-24-22-20-18-16-14-12-10-8-6-4-2/h48,51H,3-47H2,1-2H3. The number of carbonyl (C=O) groups excluding carboxylic acids is 2. The topological polar surface area (TPSA) is 72.8 Å². The van der Waals surface area contributed by atoms with Crippen LogP contribution in [0.1, 0.15) is 290 Å². The molecular weight excluding hydrogens is 681 g/mol. The average molecular weight is 779 g/mol. The molecule has 0 rings (SSSR count). The maximum Gasteiger partial charge on any atom is 0.306 e. The zero-order valence-electron chi connectivity index (χ0n) is 37.5. The highest BCUT2D eigenvalue weighted by molar-refractivity contribution is 5.70. The Morgan fingerprint density at radius 1 is 0.345 bits per heavy atom. The lowest BCUT2D eigenvalue weighted by Crippen LogP contribution is -2.28. The van der Waals surface area contributed by atoms with E-state index >= 15 is 0 Å². The predicted molar refractivity (Wildman–Crippen MR) is 238 cm³/mol. The first-order valence-electron chi connectivity index (χ1n) is 25.1. The molecule has 0 aromatic carbocycles. The molecule has 0 bridgehead atoms. The summed E-state index contributed by atoms with van der Waals surface area (Å²) in [7, 11) is 0. The van der Waals surface area contributed by atoms with Crippen LogP contribution in [0.5, 0.6) is 0 Å². The van der Waals surface area contributed by atoms with E-state index in [1.54, 1.807) is 0 Å². The molecule has 1 N–H and O–H groups in total. The van der Waals surface area contributed by atoms with E-state index < -0.39 is 6.10 Å². The lowest BCUT2D eigenvalue weighted by Gasteiger charge is -2.15. The number of esters is 2. The first-order chi connectivity index (χ1) is 27.1. The van der Waals surface area contributed by atoms with Crippen molar-refractivity contribution in [3.63, 3.8) is 0 Å². The van der Waals surface area contributed by atoms with E-state index in [9.17, 15) is 14.7 Å². The summed E-state index contributed by atoms with van der Waals surface area (Å²) in [6.45, 7) is 4.20. The SMILES string of the molecule is CCCCCCCCCCCCCCCCCCCCCCCC(=O)OC(CO)COC(=O)CCCCCCCCCCCCCCCCCCCCCC. The van der Waals surface area contributed by atoms with Crippen LogP contribution in [0.15, 0.2) is 0 Å². The summed E-state index contributed by atoms with van der Waals surface area (Å²) < 4.78 is 10.7. The van der Waals surface area contributed by atoms with E-state index in [0.29, 0.717) is 12.8 Å². The molecule has 0 spiro atoms. The van der Waals surface area contributed by atoms with E-state index in [-0.39, 0.29) is 25.2 Å². The third-order valence-electron chi connectivity index (χ3n) is 11.7. The summed E-state index contributed by atoms with van der Waals surface area (Å²) in [6.07, 6.45) is 54.8. The summed E-state index contributed by atoms with van der Waals surface area (Å²) in [4.78, 5) is 24.4. The summed E-state index contributed by atoms with van der Waals surface area (Å²) in [6, 6.07) is 0. The Labute approximate surface area is 344 Å². The van der Waals surface area contributed by atoms with Gasteiger partial charge in [0.25, 0.3) is 0 Å². The summed E-state index contributed by atoms with van der Waals surface area (Å²) in [5, 5.41) is 9.62. The van der Waals surface area contributed by atoms with Gasteiger partial charge in [-0.25, -0.2) is 0 Å². The Hall–Kier alpha value is -1.10. The van der Waals surface area contributed by atoms with Gasteiger partial charge in [-0.2, -0.15) is 0 Å². The van der Waals surface area contributed by atoms with E-state index in [4.69, 9.17) is 9.47 Å². The fourth-order valence-corrected chi connectivity index (χ4v) is 7.85. The number of ether oxygens (including phenoxy) is 2. The zero-order valence-corrected chi connectivity index (χ0v) is 37.5. The maximum absolute atomic E-state index is 12.3. The number of unbranched alkanes of at least 4 members (excludes halogenated alkanes) is 39. The Bertz CT molecular complexity index is 754. The fraction of sp³-hybridized carbons (Fsp3) is 0.960. The molecule has 0 aromatic rings. The van der Waals surface area contributed by atoms with Crippen LogP contribution in [-0.4, -0.2) is 36.4 Å². The first kappa shape index (κ1) is 53.9. The number of aliphatic hydroxyl groups is 1. The quantitative estimate of drug-likeness (QED) is 0.0492. The van der Waals surface area contributed by atoms with E-state index in [1.807, 2.05) is 0 Å². The second-order valence-electron chi connectivity index (χ2n) is 17.3. The fourth-order valence-electron chi connectivity index (χ4n) is 7.85. The lowest BCUT2D eigenvalue weighted by molar-refractivity contribution is -0.161. The van der Waals surface area contributed by atoms with Gasteiger partial charge in [0.15, 0.2) is 6.10 Å². The highest BCUT2D eigenvalue weighted by atomic mass is 16.6. The third kappa shape index (κ3) is 45.5. The maximum atomic E-state index is 12.3. The Kier molecular flexibility index (Phi) is 46.3. The van der Waals surface area contributed by atoms with Gasteiger partial charge in [-0.3, -0.25) is 9.59 Å². The van der Waals surface area contributed by atoms with Crippen LogP contribution >= 0.6 is 0 Å². The smallest absolute Gasteiger partial charge is 0.306 e. The van der Waals surface area contributed by atoms with Gasteiger partial charge < -0.3 is 14.6 Å². The van der Waals surface area contributed by atoms with Crippen molar-refractivity contribution in [2.75, 3.05) is 13.2 Å². The van der Waals surface area contributed by atoms with Gasteiger partial charge in [-0.1, -0.05) is 264 Å². The van der Waals surface area contributed by atoms with Crippen molar-refractivity contribution >= 4 is 11.9 Å². The van der Waals surface area contributed by atoms with E-state index in [1.165, 1.54) is 231 Å². The number of aliphatic hydroxyl groups excluding tert-OH is 1. The molecule has 0 heterocycles. The molecule has 0 saturated carbocycles. The van der Waals surface area contributed by atoms with E-state index in [0.717, 1.165) is 32.1 Å². The van der Waals surface area contributed by atoms with Gasteiger partial charge in [0, 0.05) is 12.8 Å². The molecular formula is C50H98O5. The van der Waals surface area contributed by atoms with Crippen molar-refractivity contribution in [1.29, 1.82) is 0 Å². The highest BCUT2D eigenvalue weighted by Crippen LogP contribution is 2.17. The molecule has 55 heavy (non-hydrogen) atoms. The van der Waals surface area contributed by atoms with Crippen molar-refractivity contribution < 1.29 is 24.2 Å². The molecule has 0 saturated heterocycles. The minimum Gasteiger partial charge on any atom is -0.462 e. The molecule has 1 atom stereocenters. The van der Waals surface area contributed by atoms with Crippen LogP contribution in [0.4, 0.5) is 0 Å². The summed E-state index contributed by atoms with van der Waals surface area (Å²) in [5.74, 6) is -0.566. The minimum absolute atomic E-state index is 0.0560. The van der Waals surface area contributed by atoms with Crippen LogP contribution in [-0.2, 0) is 19.1 Å². The lowest BCUT2D eigenvalue weighted by atomic mass is 10.0. The van der Waals surface area contributed by atoms with Crippen LogP contribution < -0.4 is 0 Å². The van der Waals surface area contributed by atoms with Crippen molar-refractivity contribution in [3.05, 3.63) is 0 Å². The van der Waals surface area contributed by atoms with Crippen LogP contribution in [0, 0.1) is 0 Å². The first-order valence-corrected chi connectivity index (χ1v) is 25.1. The van der Waals surface area contributed by atoms with Crippen molar-refractivity contribution in [2.45, 2.75) is 296 Å². The average Bonchev–Trinajstić information content (AvgIpc) is 3.19. The van der Waals surface area contributed by atoms with Gasteiger partial charge in [-0.05, 0) is 12.8 Å². The number of hydrogen-bond donors (Lipinski definition) is 1. The van der Waals surface area contributed by atoms with Gasteiger partial charge in [0.2, 0.25) is 0 Å². The monoisotopic (exact) mass is 779 g/mol. The number of carbonyl (C=O) groups is 2. The molecule has 0 amide bonds. The second-order valence-corrected chi connectivity index (χ2v) is 17.3. The Morgan fingerprint density at radius 2 is 0.564 bits per heavy atom. The Balaban J connectivity index is 3.42. The van der Waals surface area contributed by atoms with Gasteiger partial charge in [0.05, 0.1) is 6.61 Å². The van der Waals surface area contributed by atoms with Crippen LogP contribution in [0.2, 0.25) is 0 Å². The highest BCUT2D eigenvalue weighted by Gasteiger charge is 2.16. The van der Waals surface area contributed by atoms with Crippen molar-refractivity contribution in [3.8, 4) is 0 Å². The van der Waals surface area contributed by atoms with Gasteiger partial charge in [0.1, 0.15) is 6.61 Å². The zero-order chi connectivity index (χ0) is 40.0. The summed E-state index contributed by atoms with van der Waals surface area (Å²) >= 11 is 0. The van der Waals surface area contributed by atoms with Gasteiger partial charge in [-0.15, -0.1) is 0 Å². The molecule has 1 unspecified atom stereocenters. The van der Waals surface area contributed by atoms with Crippen molar-refractivity contribution in [2.24, 2.45) is 0 Å². The minimum atomic E-state index is -0.763. The molecule has 0 radical (unpaired) electrons. The largest absolute Gasteiger partial charge is 0.462 e. The predicted octanol–water partition coefficient (Wildman–Crippen LogP) is 16.2. The normalized spacial score (nSPS) is 12.0. The van der Waals surface area contributed by atoms with Gasteiger partial charge >= 0.3 is 11.9 Å². The number of hydrogen-bond acceptors (Lipinski definition) is 5. The molecule has 0 aliphatic heterocycles. The summed E-state index contributed by atoms with van der Waals surface area (Å²) in [5.41, 5.74) is 0. The molecule has 5 nitrogen and oxygen atoms in total. The molecule has 0 aliphatic carbocycles. The molecule has 0 aliphatic rings. The second kappa shape index (κ2) is 47.3. The number of rotatable bonds is 47. The van der Waals surface area contributed by atoms with Crippen LogP contribution in [0.25, 0.3) is 0 Å². The molecule has 328 valence electrons. The third-order valence-corrected chi connectivity index (χ3v) is 11.7. The van der Waals surface area contributed by atoms with Crippen molar-refractivity contribution in [1.82, 2.24) is 0 Å². The van der Waals surface area contributed by atoms with E-state index in [2.05, 4.69) is 13.8 Å². The molecule has 0 aromatic heterocycles. The molecule has 5 heteroatoms. The Morgan fingerprint density at radius 3 is 0.800 bits per heavy atom. The van der Waals surface area contributed by atoms with Crippen LogP contribution in [0.3, 0.4) is 0 Å².